The van der Waals surface area contributed by atoms with Gasteiger partial charge in [-0.1, -0.05) is 0 Å². The van der Waals surface area contributed by atoms with Crippen molar-refractivity contribution in [2.45, 2.75) is 37.9 Å². The van der Waals surface area contributed by atoms with Gasteiger partial charge in [-0.2, -0.15) is 10.1 Å². The van der Waals surface area contributed by atoms with E-state index in [1.165, 1.54) is 10.1 Å². The highest BCUT2D eigenvalue weighted by molar-refractivity contribution is 5.80. The first kappa shape index (κ1) is 15.8. The Labute approximate surface area is 119 Å². The molecular weight excluding hydrogens is 264 g/mol. The zero-order valence-corrected chi connectivity index (χ0v) is 11.7. The molecule has 0 spiro atoms. The van der Waals surface area contributed by atoms with E-state index in [0.29, 0.717) is 26.2 Å². The van der Waals surface area contributed by atoms with E-state index in [2.05, 4.69) is 0 Å². The average molecular weight is 288 g/mol. The van der Waals surface area contributed by atoms with Gasteiger partial charge < -0.3 is 19.9 Å². The first-order valence-electron chi connectivity index (χ1n) is 7.26. The van der Waals surface area contributed by atoms with Gasteiger partial charge in [0.25, 0.3) is 0 Å². The number of ether oxygens (including phenoxy) is 2. The molecular formula is C13H24N2O5. The minimum absolute atomic E-state index is 0.0529. The molecule has 2 aliphatic rings. The lowest BCUT2D eigenvalue weighted by atomic mass is 10.1. The van der Waals surface area contributed by atoms with Crippen molar-refractivity contribution in [2.75, 3.05) is 39.4 Å². The summed E-state index contributed by atoms with van der Waals surface area (Å²) in [5.41, 5.74) is 0. The zero-order valence-electron chi connectivity index (χ0n) is 11.7. The number of piperidine rings is 2. The monoisotopic (exact) mass is 288 g/mol. The smallest absolute Gasteiger partial charge is 0.184 e. The van der Waals surface area contributed by atoms with Crippen LogP contribution >= 0.6 is 0 Å². The fourth-order valence-corrected chi connectivity index (χ4v) is 2.48. The third-order valence-electron chi connectivity index (χ3n) is 3.80. The molecule has 0 aromatic heterocycles. The largest absolute Gasteiger partial charge is 0.370 e. The van der Waals surface area contributed by atoms with Crippen molar-refractivity contribution in [3.63, 3.8) is 0 Å². The van der Waals surface area contributed by atoms with Crippen LogP contribution in [0.15, 0.2) is 0 Å². The second-order valence-corrected chi connectivity index (χ2v) is 5.47. The van der Waals surface area contributed by atoms with Crippen molar-refractivity contribution >= 4 is 5.78 Å². The molecule has 116 valence electrons. The van der Waals surface area contributed by atoms with Crippen molar-refractivity contribution in [1.82, 2.24) is 10.1 Å². The summed E-state index contributed by atoms with van der Waals surface area (Å²) in [5.74, 6) is -0.0529. The Balaban J connectivity index is 1.54. The summed E-state index contributed by atoms with van der Waals surface area (Å²) in [5, 5.41) is 21.0. The third kappa shape index (κ3) is 5.43. The van der Waals surface area contributed by atoms with Crippen LogP contribution in [0.1, 0.15) is 25.7 Å². The van der Waals surface area contributed by atoms with Crippen molar-refractivity contribution in [2.24, 2.45) is 0 Å². The Kier molecular flexibility index (Phi) is 6.34. The van der Waals surface area contributed by atoms with Crippen LogP contribution in [0.25, 0.3) is 0 Å². The molecule has 0 amide bonds. The molecule has 2 rings (SSSR count). The van der Waals surface area contributed by atoms with E-state index in [0.717, 1.165) is 25.7 Å². The van der Waals surface area contributed by atoms with Gasteiger partial charge in [-0.3, -0.25) is 4.79 Å². The fourth-order valence-electron chi connectivity index (χ4n) is 2.48. The number of Topliss-reactive ketones (excluding diaryl/α,β-unsaturated/α-hetero) is 1. The number of rotatable bonds is 6. The molecule has 0 aromatic carbocycles. The van der Waals surface area contributed by atoms with Crippen LogP contribution in [-0.4, -0.2) is 77.9 Å². The van der Waals surface area contributed by atoms with Crippen LogP contribution in [-0.2, 0) is 14.3 Å². The summed E-state index contributed by atoms with van der Waals surface area (Å²) < 4.78 is 11.1. The van der Waals surface area contributed by atoms with E-state index >= 15 is 0 Å². The number of hydrogen-bond acceptors (Lipinski definition) is 7. The van der Waals surface area contributed by atoms with Crippen molar-refractivity contribution in [1.29, 1.82) is 0 Å². The van der Waals surface area contributed by atoms with Gasteiger partial charge in [0.1, 0.15) is 13.2 Å². The highest BCUT2D eigenvalue weighted by atomic mass is 16.5. The topological polar surface area (TPSA) is 82.5 Å². The molecule has 7 nitrogen and oxygen atoms in total. The van der Waals surface area contributed by atoms with E-state index in [1.54, 1.807) is 0 Å². The molecule has 2 fully saturated rings. The molecule has 0 atom stereocenters. The summed E-state index contributed by atoms with van der Waals surface area (Å²) >= 11 is 0. The number of hydrogen-bond donors (Lipinski definition) is 2. The highest BCUT2D eigenvalue weighted by Gasteiger charge is 2.21. The molecule has 20 heavy (non-hydrogen) atoms. The van der Waals surface area contributed by atoms with E-state index in [4.69, 9.17) is 9.47 Å². The van der Waals surface area contributed by atoms with Crippen LogP contribution < -0.4 is 0 Å². The number of hydroxylamine groups is 4. The Morgan fingerprint density at radius 1 is 0.850 bits per heavy atom. The Bertz CT molecular complexity index is 271. The summed E-state index contributed by atoms with van der Waals surface area (Å²) in [6, 6.07) is 0. The normalized spacial score (nSPS) is 24.1. The summed E-state index contributed by atoms with van der Waals surface area (Å²) in [7, 11) is 0. The standard InChI is InChI=1S/C13H24N2O5/c16-11(9-19-12-1-5-14(17)6-2-12)10-20-13-3-7-15(18)8-4-13/h12-13,17-18H,1-10H2. The predicted molar refractivity (Wildman–Crippen MR) is 69.7 cm³/mol. The molecule has 0 unspecified atom stereocenters. The molecule has 7 heteroatoms. The SMILES string of the molecule is O=C(COC1CCN(O)CC1)COC1CCN(O)CC1. The van der Waals surface area contributed by atoms with Gasteiger partial charge in [0.05, 0.1) is 12.2 Å². The van der Waals surface area contributed by atoms with E-state index in [1.807, 2.05) is 0 Å². The number of carbonyl (C=O) groups excluding carboxylic acids is 1. The van der Waals surface area contributed by atoms with Crippen molar-refractivity contribution in [3.05, 3.63) is 0 Å². The highest BCUT2D eigenvalue weighted by Crippen LogP contribution is 2.13. The molecule has 0 saturated carbocycles. The molecule has 0 radical (unpaired) electrons. The molecule has 2 aliphatic heterocycles. The molecule has 0 bridgehead atoms. The minimum Gasteiger partial charge on any atom is -0.370 e. The number of nitrogens with zero attached hydrogens (tertiary/aromatic N) is 2. The Morgan fingerprint density at radius 3 is 1.55 bits per heavy atom. The Morgan fingerprint density at radius 2 is 1.20 bits per heavy atom. The van der Waals surface area contributed by atoms with Crippen molar-refractivity contribution in [3.8, 4) is 0 Å². The molecule has 2 N–H and O–H groups in total. The van der Waals surface area contributed by atoms with Gasteiger partial charge >= 0.3 is 0 Å². The molecule has 0 aromatic rings. The van der Waals surface area contributed by atoms with Crippen LogP contribution in [0.4, 0.5) is 0 Å². The first-order valence-corrected chi connectivity index (χ1v) is 7.26. The summed E-state index contributed by atoms with van der Waals surface area (Å²) in [4.78, 5) is 11.7. The van der Waals surface area contributed by atoms with E-state index in [-0.39, 0.29) is 31.2 Å². The van der Waals surface area contributed by atoms with Gasteiger partial charge in [0, 0.05) is 26.2 Å². The molecule has 2 saturated heterocycles. The average Bonchev–Trinajstić information content (AvgIpc) is 2.46. The maximum absolute atomic E-state index is 11.7. The summed E-state index contributed by atoms with van der Waals surface area (Å²) in [6.07, 6.45) is 3.11. The lowest BCUT2D eigenvalue weighted by Gasteiger charge is -2.28. The van der Waals surface area contributed by atoms with Crippen LogP contribution in [0.2, 0.25) is 0 Å². The van der Waals surface area contributed by atoms with Crippen molar-refractivity contribution < 1.29 is 24.7 Å². The lowest BCUT2D eigenvalue weighted by Crippen LogP contribution is -2.37. The Hall–Kier alpha value is -0.570. The van der Waals surface area contributed by atoms with E-state index in [9.17, 15) is 15.2 Å². The van der Waals surface area contributed by atoms with Gasteiger partial charge in [-0.05, 0) is 25.7 Å². The van der Waals surface area contributed by atoms with Gasteiger partial charge in [-0.15, -0.1) is 0 Å². The third-order valence-corrected chi connectivity index (χ3v) is 3.80. The van der Waals surface area contributed by atoms with Crippen LogP contribution in [0.3, 0.4) is 0 Å². The predicted octanol–water partition coefficient (Wildman–Crippen LogP) is 0.296. The minimum atomic E-state index is -0.0529. The quantitative estimate of drug-likeness (QED) is 0.727. The van der Waals surface area contributed by atoms with Gasteiger partial charge in [0.2, 0.25) is 0 Å². The lowest BCUT2D eigenvalue weighted by molar-refractivity contribution is -0.148. The van der Waals surface area contributed by atoms with Crippen LogP contribution in [0, 0.1) is 0 Å². The zero-order chi connectivity index (χ0) is 14.4. The summed E-state index contributed by atoms with van der Waals surface area (Å²) in [6.45, 7) is 2.53. The first-order chi connectivity index (χ1) is 9.63. The molecule has 0 aliphatic carbocycles. The van der Waals surface area contributed by atoms with Gasteiger partial charge in [0.15, 0.2) is 5.78 Å². The van der Waals surface area contributed by atoms with E-state index < -0.39 is 0 Å². The second-order valence-electron chi connectivity index (χ2n) is 5.47. The maximum Gasteiger partial charge on any atom is 0.184 e. The number of ketones is 1. The van der Waals surface area contributed by atoms with Gasteiger partial charge in [-0.25, -0.2) is 0 Å². The number of carbonyl (C=O) groups is 1. The van der Waals surface area contributed by atoms with Crippen LogP contribution in [0.5, 0.6) is 0 Å². The second kappa shape index (κ2) is 8.02. The maximum atomic E-state index is 11.7. The fraction of sp³-hybridized carbons (Fsp3) is 0.923. The molecule has 2 heterocycles.